The molecular formula is C17H15N3O. The first-order chi connectivity index (χ1) is 10.0. The number of benzene rings is 2. The fourth-order valence-corrected chi connectivity index (χ4v) is 1.92. The monoisotopic (exact) mass is 277 g/mol. The molecule has 0 aliphatic heterocycles. The molecule has 104 valence electrons. The van der Waals surface area contributed by atoms with Crippen molar-refractivity contribution in [2.24, 2.45) is 5.11 Å². The topological polar surface area (TPSA) is 69.0 Å². The molecule has 0 radical (unpaired) electrons. The Hall–Kier alpha value is -2.73. The van der Waals surface area contributed by atoms with Crippen molar-refractivity contribution >= 4 is 5.69 Å². The Labute approximate surface area is 123 Å². The predicted molar refractivity (Wildman–Crippen MR) is 82.9 cm³/mol. The highest BCUT2D eigenvalue weighted by molar-refractivity contribution is 5.52. The maximum absolute atomic E-state index is 10.6. The fourth-order valence-electron chi connectivity index (χ4n) is 1.92. The third kappa shape index (κ3) is 3.64. The van der Waals surface area contributed by atoms with Crippen molar-refractivity contribution in [3.05, 3.63) is 75.7 Å². The maximum Gasteiger partial charge on any atom is 0.148 e. The minimum Gasteiger partial charge on any atom is -0.374 e. The Bertz CT molecular complexity index is 746. The molecule has 0 amide bonds. The van der Waals surface area contributed by atoms with Crippen molar-refractivity contribution in [3.63, 3.8) is 0 Å². The van der Waals surface area contributed by atoms with Gasteiger partial charge in [-0.2, -0.15) is 0 Å². The SMILES string of the molecule is Cc1ccc(C#CC(C)(O)c2ccccc2N=[N+]=[N-])cc1. The molecule has 0 aromatic heterocycles. The molecule has 0 fully saturated rings. The van der Waals surface area contributed by atoms with E-state index in [2.05, 4.69) is 21.9 Å². The van der Waals surface area contributed by atoms with Gasteiger partial charge in [0.25, 0.3) is 0 Å². The molecule has 21 heavy (non-hydrogen) atoms. The number of aliphatic hydroxyl groups is 1. The van der Waals surface area contributed by atoms with E-state index in [-0.39, 0.29) is 0 Å². The molecule has 2 aromatic rings. The van der Waals surface area contributed by atoms with Gasteiger partial charge in [-0.15, -0.1) is 0 Å². The first kappa shape index (κ1) is 14.7. The van der Waals surface area contributed by atoms with Gasteiger partial charge in [0.2, 0.25) is 0 Å². The Morgan fingerprint density at radius 1 is 1.14 bits per heavy atom. The van der Waals surface area contributed by atoms with E-state index in [0.29, 0.717) is 11.3 Å². The average Bonchev–Trinajstić information content (AvgIpc) is 2.47. The van der Waals surface area contributed by atoms with E-state index >= 15 is 0 Å². The van der Waals surface area contributed by atoms with Crippen LogP contribution in [0.3, 0.4) is 0 Å². The molecule has 1 N–H and O–H groups in total. The van der Waals surface area contributed by atoms with Crippen LogP contribution in [0.2, 0.25) is 0 Å². The highest BCUT2D eigenvalue weighted by Crippen LogP contribution is 2.29. The van der Waals surface area contributed by atoms with Crippen LogP contribution in [0.25, 0.3) is 10.4 Å². The molecular weight excluding hydrogens is 262 g/mol. The summed E-state index contributed by atoms with van der Waals surface area (Å²) in [5.74, 6) is 5.78. The van der Waals surface area contributed by atoms with Crippen LogP contribution in [0.1, 0.15) is 23.6 Å². The first-order valence-electron chi connectivity index (χ1n) is 6.50. The van der Waals surface area contributed by atoms with Crippen molar-refractivity contribution in [2.75, 3.05) is 0 Å². The molecule has 2 aromatic carbocycles. The van der Waals surface area contributed by atoms with Gasteiger partial charge < -0.3 is 5.11 Å². The molecule has 0 aliphatic rings. The molecule has 2 rings (SSSR count). The zero-order valence-electron chi connectivity index (χ0n) is 11.9. The van der Waals surface area contributed by atoms with Gasteiger partial charge in [0.05, 0.1) is 0 Å². The van der Waals surface area contributed by atoms with Crippen LogP contribution < -0.4 is 0 Å². The number of rotatable bonds is 2. The van der Waals surface area contributed by atoms with Crippen LogP contribution in [-0.2, 0) is 5.60 Å². The molecule has 4 heteroatoms. The summed E-state index contributed by atoms with van der Waals surface area (Å²) in [5, 5.41) is 14.1. The number of hydrogen-bond donors (Lipinski definition) is 1. The van der Waals surface area contributed by atoms with E-state index < -0.39 is 5.60 Å². The Morgan fingerprint density at radius 3 is 2.48 bits per heavy atom. The molecule has 4 nitrogen and oxygen atoms in total. The minimum atomic E-state index is -1.39. The van der Waals surface area contributed by atoms with E-state index in [0.717, 1.165) is 11.1 Å². The number of nitrogens with zero attached hydrogens (tertiary/aromatic N) is 3. The Kier molecular flexibility index (Phi) is 4.30. The third-order valence-electron chi connectivity index (χ3n) is 3.08. The normalized spacial score (nSPS) is 12.5. The van der Waals surface area contributed by atoms with Gasteiger partial charge in [0.15, 0.2) is 0 Å². The number of hydrogen-bond acceptors (Lipinski definition) is 2. The lowest BCUT2D eigenvalue weighted by molar-refractivity contribution is 0.123. The third-order valence-corrected chi connectivity index (χ3v) is 3.08. The van der Waals surface area contributed by atoms with E-state index in [4.69, 9.17) is 5.53 Å². The second kappa shape index (κ2) is 6.15. The second-order valence-corrected chi connectivity index (χ2v) is 4.89. The molecule has 1 atom stereocenters. The lowest BCUT2D eigenvalue weighted by Crippen LogP contribution is -2.18. The summed E-state index contributed by atoms with van der Waals surface area (Å²) in [7, 11) is 0. The minimum absolute atomic E-state index is 0.378. The largest absolute Gasteiger partial charge is 0.374 e. The van der Waals surface area contributed by atoms with Crippen LogP contribution in [0.15, 0.2) is 53.6 Å². The maximum atomic E-state index is 10.6. The van der Waals surface area contributed by atoms with Crippen molar-refractivity contribution < 1.29 is 5.11 Å². The summed E-state index contributed by atoms with van der Waals surface area (Å²) in [6, 6.07) is 14.6. The molecule has 1 unspecified atom stereocenters. The van der Waals surface area contributed by atoms with E-state index in [1.165, 1.54) is 0 Å². The second-order valence-electron chi connectivity index (χ2n) is 4.89. The first-order valence-corrected chi connectivity index (χ1v) is 6.50. The van der Waals surface area contributed by atoms with E-state index in [1.807, 2.05) is 31.2 Å². The van der Waals surface area contributed by atoms with Crippen LogP contribution >= 0.6 is 0 Å². The summed E-state index contributed by atoms with van der Waals surface area (Å²) in [5.41, 5.74) is 10.0. The number of azide groups is 1. The number of aryl methyl sites for hydroxylation is 1. The zero-order chi connectivity index (χ0) is 15.3. The van der Waals surface area contributed by atoms with Gasteiger partial charge in [-0.05, 0) is 31.5 Å². The Morgan fingerprint density at radius 2 is 1.81 bits per heavy atom. The smallest absolute Gasteiger partial charge is 0.148 e. The van der Waals surface area contributed by atoms with Crippen LogP contribution in [0.4, 0.5) is 5.69 Å². The lowest BCUT2D eigenvalue weighted by atomic mass is 9.94. The van der Waals surface area contributed by atoms with E-state index in [1.54, 1.807) is 31.2 Å². The summed E-state index contributed by atoms with van der Waals surface area (Å²) >= 11 is 0. The highest BCUT2D eigenvalue weighted by atomic mass is 16.3. The molecule has 0 aliphatic carbocycles. The Balaban J connectivity index is 2.39. The average molecular weight is 277 g/mol. The van der Waals surface area contributed by atoms with Gasteiger partial charge >= 0.3 is 0 Å². The van der Waals surface area contributed by atoms with Crippen molar-refractivity contribution in [3.8, 4) is 11.8 Å². The van der Waals surface area contributed by atoms with Crippen molar-refractivity contribution in [2.45, 2.75) is 19.4 Å². The van der Waals surface area contributed by atoms with Gasteiger partial charge in [0.1, 0.15) is 5.60 Å². The van der Waals surface area contributed by atoms with Crippen LogP contribution in [-0.4, -0.2) is 5.11 Å². The fraction of sp³-hybridized carbons (Fsp3) is 0.176. The van der Waals surface area contributed by atoms with Gasteiger partial charge in [0, 0.05) is 21.7 Å². The van der Waals surface area contributed by atoms with Crippen molar-refractivity contribution in [1.82, 2.24) is 0 Å². The summed E-state index contributed by atoms with van der Waals surface area (Å²) in [6.07, 6.45) is 0. The molecule has 0 spiro atoms. The van der Waals surface area contributed by atoms with Gasteiger partial charge in [-0.25, -0.2) is 0 Å². The molecule has 0 bridgehead atoms. The van der Waals surface area contributed by atoms with Gasteiger partial charge in [-0.1, -0.05) is 58.9 Å². The summed E-state index contributed by atoms with van der Waals surface area (Å²) in [6.45, 7) is 3.59. The predicted octanol–water partition coefficient (Wildman–Crippen LogP) is 4.20. The van der Waals surface area contributed by atoms with Gasteiger partial charge in [-0.3, -0.25) is 0 Å². The highest BCUT2D eigenvalue weighted by Gasteiger charge is 2.22. The quantitative estimate of drug-likeness (QED) is 0.380. The lowest BCUT2D eigenvalue weighted by Gasteiger charge is -2.18. The van der Waals surface area contributed by atoms with Crippen LogP contribution in [0.5, 0.6) is 0 Å². The summed E-state index contributed by atoms with van der Waals surface area (Å²) in [4.78, 5) is 2.77. The summed E-state index contributed by atoms with van der Waals surface area (Å²) < 4.78 is 0. The van der Waals surface area contributed by atoms with Crippen molar-refractivity contribution in [1.29, 1.82) is 0 Å². The molecule has 0 saturated heterocycles. The van der Waals surface area contributed by atoms with Crippen LogP contribution in [0, 0.1) is 18.8 Å². The molecule has 0 saturated carbocycles. The standard InChI is InChI=1S/C17H15N3O/c1-13-7-9-14(10-8-13)11-12-17(2,21)15-5-3-4-6-16(15)19-20-18/h3-10,21H,1-2H3. The van der Waals surface area contributed by atoms with E-state index in [9.17, 15) is 5.11 Å². The molecule has 0 heterocycles. The zero-order valence-corrected chi connectivity index (χ0v) is 11.9.